The quantitative estimate of drug-likeness (QED) is 0.781. The van der Waals surface area contributed by atoms with Gasteiger partial charge in [0.2, 0.25) is 5.91 Å². The summed E-state index contributed by atoms with van der Waals surface area (Å²) in [6, 6.07) is 0.342. The Hall–Kier alpha value is -0.810. The fraction of sp³-hybridized carbons (Fsp3) is 0.857. The third-order valence-electron chi connectivity index (χ3n) is 3.68. The largest absolute Gasteiger partial charge is 0.480 e. The molecule has 0 radical (unpaired) electrons. The zero-order valence-corrected chi connectivity index (χ0v) is 13.3. The summed E-state index contributed by atoms with van der Waals surface area (Å²) in [6.45, 7) is 5.76. The zero-order valence-electron chi connectivity index (χ0n) is 12.5. The molecule has 0 aromatic heterocycles. The van der Waals surface area contributed by atoms with E-state index in [4.69, 9.17) is 5.11 Å². The minimum atomic E-state index is -0.869. The minimum Gasteiger partial charge on any atom is -0.480 e. The SMILES string of the molecule is CCCN(CC(=O)O)CC(=O)N1CCCCC1CC.Cl. The van der Waals surface area contributed by atoms with Gasteiger partial charge in [-0.05, 0) is 38.6 Å². The van der Waals surface area contributed by atoms with E-state index in [0.717, 1.165) is 32.2 Å². The molecule has 1 heterocycles. The number of hydrogen-bond acceptors (Lipinski definition) is 3. The van der Waals surface area contributed by atoms with Gasteiger partial charge in [0.05, 0.1) is 13.1 Å². The van der Waals surface area contributed by atoms with E-state index in [1.807, 2.05) is 11.8 Å². The van der Waals surface area contributed by atoms with Gasteiger partial charge in [-0.1, -0.05) is 13.8 Å². The average Bonchev–Trinajstić information content (AvgIpc) is 2.38. The number of halogens is 1. The first kappa shape index (κ1) is 19.2. The van der Waals surface area contributed by atoms with Crippen LogP contribution in [-0.2, 0) is 9.59 Å². The van der Waals surface area contributed by atoms with Crippen molar-refractivity contribution in [3.05, 3.63) is 0 Å². The molecular weight excluding hydrogens is 280 g/mol. The van der Waals surface area contributed by atoms with E-state index in [1.165, 1.54) is 6.42 Å². The lowest BCUT2D eigenvalue weighted by atomic mass is 10.00. The molecule has 0 saturated carbocycles. The summed E-state index contributed by atoms with van der Waals surface area (Å²) in [7, 11) is 0. The van der Waals surface area contributed by atoms with Crippen LogP contribution in [0.1, 0.15) is 46.0 Å². The highest BCUT2D eigenvalue weighted by molar-refractivity contribution is 5.85. The van der Waals surface area contributed by atoms with E-state index in [2.05, 4.69) is 6.92 Å². The van der Waals surface area contributed by atoms with Gasteiger partial charge in [0.1, 0.15) is 0 Å². The van der Waals surface area contributed by atoms with Gasteiger partial charge in [-0.2, -0.15) is 0 Å². The molecule has 0 bridgehead atoms. The molecule has 1 N–H and O–H groups in total. The number of amides is 1. The van der Waals surface area contributed by atoms with E-state index in [0.29, 0.717) is 12.6 Å². The van der Waals surface area contributed by atoms with Gasteiger partial charge in [0, 0.05) is 12.6 Å². The third-order valence-corrected chi connectivity index (χ3v) is 3.68. The predicted octanol–water partition coefficient (Wildman–Crippen LogP) is 2.00. The molecule has 5 nitrogen and oxygen atoms in total. The molecule has 1 saturated heterocycles. The van der Waals surface area contributed by atoms with Crippen molar-refractivity contribution in [2.45, 2.75) is 52.0 Å². The lowest BCUT2D eigenvalue weighted by molar-refractivity contribution is -0.140. The molecule has 1 aliphatic rings. The Morgan fingerprint density at radius 3 is 2.50 bits per heavy atom. The van der Waals surface area contributed by atoms with E-state index >= 15 is 0 Å². The summed E-state index contributed by atoms with van der Waals surface area (Å²) in [5.41, 5.74) is 0. The molecule has 6 heteroatoms. The molecule has 1 atom stereocenters. The Labute approximate surface area is 127 Å². The van der Waals surface area contributed by atoms with Crippen molar-refractivity contribution >= 4 is 24.3 Å². The average molecular weight is 307 g/mol. The second-order valence-electron chi connectivity index (χ2n) is 5.25. The van der Waals surface area contributed by atoms with Crippen molar-refractivity contribution < 1.29 is 14.7 Å². The summed E-state index contributed by atoms with van der Waals surface area (Å²) < 4.78 is 0. The number of carboxylic acid groups (broad SMARTS) is 1. The number of rotatable bonds is 7. The Kier molecular flexibility index (Phi) is 9.59. The summed E-state index contributed by atoms with van der Waals surface area (Å²) >= 11 is 0. The first-order valence-corrected chi connectivity index (χ1v) is 7.32. The van der Waals surface area contributed by atoms with Crippen LogP contribution in [0.25, 0.3) is 0 Å². The highest BCUT2D eigenvalue weighted by Crippen LogP contribution is 2.19. The summed E-state index contributed by atoms with van der Waals surface area (Å²) in [5.74, 6) is -0.784. The molecule has 0 aliphatic carbocycles. The number of piperidine rings is 1. The van der Waals surface area contributed by atoms with Crippen LogP contribution in [0, 0.1) is 0 Å². The molecule has 1 fully saturated rings. The van der Waals surface area contributed by atoms with Crippen molar-refractivity contribution in [2.24, 2.45) is 0 Å². The summed E-state index contributed by atoms with van der Waals surface area (Å²) in [6.07, 6.45) is 5.18. The van der Waals surface area contributed by atoms with Gasteiger partial charge in [-0.3, -0.25) is 14.5 Å². The van der Waals surface area contributed by atoms with Gasteiger partial charge in [-0.15, -0.1) is 12.4 Å². The molecule has 118 valence electrons. The number of likely N-dealkylation sites (tertiary alicyclic amines) is 1. The van der Waals surface area contributed by atoms with Gasteiger partial charge in [-0.25, -0.2) is 0 Å². The Balaban J connectivity index is 0.00000361. The van der Waals surface area contributed by atoms with Crippen LogP contribution in [0.3, 0.4) is 0 Å². The number of nitrogens with zero attached hydrogens (tertiary/aromatic N) is 2. The number of carbonyl (C=O) groups excluding carboxylic acids is 1. The molecule has 0 aromatic rings. The second-order valence-corrected chi connectivity index (χ2v) is 5.25. The molecule has 0 aromatic carbocycles. The summed E-state index contributed by atoms with van der Waals surface area (Å²) in [5, 5.41) is 8.87. The second kappa shape index (κ2) is 10.00. The topological polar surface area (TPSA) is 60.9 Å². The highest BCUT2D eigenvalue weighted by atomic mass is 35.5. The maximum Gasteiger partial charge on any atom is 0.317 e. The predicted molar refractivity (Wildman–Crippen MR) is 81.3 cm³/mol. The molecular formula is C14H27ClN2O3. The van der Waals surface area contributed by atoms with Gasteiger partial charge in [0.25, 0.3) is 0 Å². The standard InChI is InChI=1S/C14H26N2O3.ClH/c1-3-8-15(11-14(18)19)10-13(17)16-9-6-5-7-12(16)4-2;/h12H,3-11H2,1-2H3,(H,18,19);1H. The number of carboxylic acids is 1. The van der Waals surface area contributed by atoms with Crippen molar-refractivity contribution in [3.63, 3.8) is 0 Å². The van der Waals surface area contributed by atoms with Crippen LogP contribution in [0.2, 0.25) is 0 Å². The van der Waals surface area contributed by atoms with E-state index in [-0.39, 0.29) is 31.4 Å². The molecule has 0 spiro atoms. The van der Waals surface area contributed by atoms with Crippen molar-refractivity contribution in [1.82, 2.24) is 9.80 Å². The monoisotopic (exact) mass is 306 g/mol. The van der Waals surface area contributed by atoms with Gasteiger partial charge in [0.15, 0.2) is 0 Å². The molecule has 1 rings (SSSR count). The third kappa shape index (κ3) is 6.09. The normalized spacial score (nSPS) is 18.8. The Bertz CT molecular complexity index is 313. The van der Waals surface area contributed by atoms with Crippen molar-refractivity contribution in [2.75, 3.05) is 26.2 Å². The number of aliphatic carboxylic acids is 1. The first-order valence-electron chi connectivity index (χ1n) is 7.32. The highest BCUT2D eigenvalue weighted by Gasteiger charge is 2.26. The van der Waals surface area contributed by atoms with Crippen LogP contribution < -0.4 is 0 Å². The van der Waals surface area contributed by atoms with Crippen LogP contribution in [0.5, 0.6) is 0 Å². The molecule has 1 amide bonds. The fourth-order valence-corrected chi connectivity index (χ4v) is 2.76. The maximum absolute atomic E-state index is 12.3. The summed E-state index contributed by atoms with van der Waals surface area (Å²) in [4.78, 5) is 26.8. The zero-order chi connectivity index (χ0) is 14.3. The van der Waals surface area contributed by atoms with Gasteiger partial charge >= 0.3 is 5.97 Å². The van der Waals surface area contributed by atoms with Crippen LogP contribution in [0.4, 0.5) is 0 Å². The smallest absolute Gasteiger partial charge is 0.317 e. The van der Waals surface area contributed by atoms with Crippen LogP contribution in [0.15, 0.2) is 0 Å². The first-order chi connectivity index (χ1) is 9.08. The van der Waals surface area contributed by atoms with Crippen LogP contribution >= 0.6 is 12.4 Å². The lowest BCUT2D eigenvalue weighted by Crippen LogP contribution is -2.48. The Morgan fingerprint density at radius 1 is 1.25 bits per heavy atom. The Morgan fingerprint density at radius 2 is 1.95 bits per heavy atom. The van der Waals surface area contributed by atoms with Crippen LogP contribution in [-0.4, -0.2) is 59.0 Å². The van der Waals surface area contributed by atoms with E-state index < -0.39 is 5.97 Å². The number of hydrogen-bond donors (Lipinski definition) is 1. The van der Waals surface area contributed by atoms with Crippen molar-refractivity contribution in [1.29, 1.82) is 0 Å². The fourth-order valence-electron chi connectivity index (χ4n) is 2.76. The van der Waals surface area contributed by atoms with E-state index in [1.54, 1.807) is 4.90 Å². The van der Waals surface area contributed by atoms with E-state index in [9.17, 15) is 9.59 Å². The molecule has 20 heavy (non-hydrogen) atoms. The molecule has 1 unspecified atom stereocenters. The van der Waals surface area contributed by atoms with Crippen molar-refractivity contribution in [3.8, 4) is 0 Å². The lowest BCUT2D eigenvalue weighted by Gasteiger charge is -2.36. The van der Waals surface area contributed by atoms with Gasteiger partial charge < -0.3 is 10.0 Å². The molecule has 1 aliphatic heterocycles. The minimum absolute atomic E-state index is 0. The number of carbonyl (C=O) groups is 2. The maximum atomic E-state index is 12.3.